The fourth-order valence-electron chi connectivity index (χ4n) is 2.01. The number of Topliss-reactive ketones (excluding diaryl/α,β-unsaturated/α-hetero) is 1. The van der Waals surface area contributed by atoms with E-state index in [1.54, 1.807) is 18.2 Å². The van der Waals surface area contributed by atoms with Crippen LogP contribution in [-0.4, -0.2) is 5.78 Å². The van der Waals surface area contributed by atoms with Crippen molar-refractivity contribution < 1.29 is 4.79 Å². The van der Waals surface area contributed by atoms with Gasteiger partial charge in [-0.05, 0) is 31.0 Å². The van der Waals surface area contributed by atoms with Crippen molar-refractivity contribution in [2.45, 2.75) is 39.5 Å². The third-order valence-corrected chi connectivity index (χ3v) is 3.40. The van der Waals surface area contributed by atoms with Crippen molar-refractivity contribution in [2.24, 2.45) is 5.92 Å². The van der Waals surface area contributed by atoms with Gasteiger partial charge in [0.1, 0.15) is 0 Å². The van der Waals surface area contributed by atoms with Gasteiger partial charge in [-0.15, -0.1) is 0 Å². The van der Waals surface area contributed by atoms with Crippen LogP contribution in [0.25, 0.3) is 0 Å². The number of benzene rings is 1. The molecule has 3 heteroatoms. The van der Waals surface area contributed by atoms with Crippen molar-refractivity contribution in [3.05, 3.63) is 33.8 Å². The normalized spacial score (nSPS) is 10.9. The Balaban J connectivity index is 2.95. The topological polar surface area (TPSA) is 17.1 Å². The monoisotopic (exact) mass is 272 g/mol. The van der Waals surface area contributed by atoms with E-state index in [1.165, 1.54) is 0 Å². The predicted molar refractivity (Wildman–Crippen MR) is 74.1 cm³/mol. The fraction of sp³-hybridized carbons (Fsp3) is 0.500. The highest BCUT2D eigenvalue weighted by Crippen LogP contribution is 2.26. The number of halogens is 2. The zero-order valence-electron chi connectivity index (χ0n) is 10.3. The molecular formula is C14H18Cl2O. The predicted octanol–water partition coefficient (Wildman–Crippen LogP) is 5.39. The molecule has 1 aromatic rings. The Morgan fingerprint density at radius 1 is 1.18 bits per heavy atom. The molecule has 0 heterocycles. The molecule has 1 rings (SSSR count). The van der Waals surface area contributed by atoms with E-state index in [-0.39, 0.29) is 11.7 Å². The van der Waals surface area contributed by atoms with Crippen LogP contribution in [0.15, 0.2) is 18.2 Å². The van der Waals surface area contributed by atoms with Gasteiger partial charge in [-0.2, -0.15) is 0 Å². The number of carbonyl (C=O) groups excluding carboxylic acids is 1. The molecule has 0 fully saturated rings. The summed E-state index contributed by atoms with van der Waals surface area (Å²) in [5, 5.41) is 1.06. The minimum Gasteiger partial charge on any atom is -0.294 e. The molecule has 0 aliphatic rings. The second-order valence-corrected chi connectivity index (χ2v) is 5.11. The third kappa shape index (κ3) is 4.01. The highest BCUT2D eigenvalue weighted by molar-refractivity contribution is 6.36. The summed E-state index contributed by atoms with van der Waals surface area (Å²) in [6, 6.07) is 5.06. The zero-order valence-corrected chi connectivity index (χ0v) is 11.8. The number of rotatable bonds is 6. The Hall–Kier alpha value is -0.530. The summed E-state index contributed by atoms with van der Waals surface area (Å²) in [5.74, 6) is 0.196. The van der Waals surface area contributed by atoms with Crippen molar-refractivity contribution in [2.75, 3.05) is 0 Å². The Morgan fingerprint density at radius 3 is 2.29 bits per heavy atom. The smallest absolute Gasteiger partial charge is 0.167 e. The highest BCUT2D eigenvalue weighted by atomic mass is 35.5. The van der Waals surface area contributed by atoms with Gasteiger partial charge in [0.05, 0.1) is 5.02 Å². The minimum absolute atomic E-state index is 0.0703. The lowest BCUT2D eigenvalue weighted by Gasteiger charge is -2.15. The Morgan fingerprint density at radius 2 is 1.76 bits per heavy atom. The SMILES string of the molecule is CCCC(CCC)C(=O)c1cc(Cl)ccc1Cl. The first-order valence-electron chi connectivity index (χ1n) is 6.09. The molecule has 0 aliphatic carbocycles. The Bertz CT molecular complexity index is 382. The third-order valence-electron chi connectivity index (χ3n) is 2.84. The molecule has 0 bridgehead atoms. The maximum Gasteiger partial charge on any atom is 0.167 e. The lowest BCUT2D eigenvalue weighted by atomic mass is 9.90. The van der Waals surface area contributed by atoms with Gasteiger partial charge in [-0.1, -0.05) is 49.9 Å². The molecule has 0 atom stereocenters. The molecule has 1 nitrogen and oxygen atoms in total. The second kappa shape index (κ2) is 7.03. The summed E-state index contributed by atoms with van der Waals surface area (Å²) < 4.78 is 0. The molecule has 0 saturated carbocycles. The molecule has 0 saturated heterocycles. The summed E-state index contributed by atoms with van der Waals surface area (Å²) in [6.45, 7) is 4.19. The van der Waals surface area contributed by atoms with Gasteiger partial charge in [-0.25, -0.2) is 0 Å². The zero-order chi connectivity index (χ0) is 12.8. The van der Waals surface area contributed by atoms with E-state index >= 15 is 0 Å². The average molecular weight is 273 g/mol. The van der Waals surface area contributed by atoms with Gasteiger partial charge in [0.25, 0.3) is 0 Å². The number of hydrogen-bond donors (Lipinski definition) is 0. The van der Waals surface area contributed by atoms with Gasteiger partial charge in [0, 0.05) is 16.5 Å². The van der Waals surface area contributed by atoms with E-state index in [0.717, 1.165) is 25.7 Å². The van der Waals surface area contributed by atoms with E-state index < -0.39 is 0 Å². The van der Waals surface area contributed by atoms with Gasteiger partial charge in [-0.3, -0.25) is 4.79 Å². The van der Waals surface area contributed by atoms with Gasteiger partial charge in [0.15, 0.2) is 5.78 Å². The largest absolute Gasteiger partial charge is 0.294 e. The molecule has 0 unspecified atom stereocenters. The van der Waals surface area contributed by atoms with Crippen molar-refractivity contribution in [1.29, 1.82) is 0 Å². The van der Waals surface area contributed by atoms with Gasteiger partial charge < -0.3 is 0 Å². The number of hydrogen-bond acceptors (Lipinski definition) is 1. The van der Waals surface area contributed by atoms with Crippen molar-refractivity contribution in [3.63, 3.8) is 0 Å². The van der Waals surface area contributed by atoms with Crippen molar-refractivity contribution in [1.82, 2.24) is 0 Å². The molecule has 0 amide bonds. The lowest BCUT2D eigenvalue weighted by Crippen LogP contribution is -2.15. The first-order chi connectivity index (χ1) is 8.10. The van der Waals surface area contributed by atoms with Crippen LogP contribution in [0, 0.1) is 5.92 Å². The van der Waals surface area contributed by atoms with Crippen molar-refractivity contribution in [3.8, 4) is 0 Å². The molecular weight excluding hydrogens is 255 g/mol. The van der Waals surface area contributed by atoms with Crippen molar-refractivity contribution >= 4 is 29.0 Å². The summed E-state index contributed by atoms with van der Waals surface area (Å²) in [5.41, 5.74) is 0.561. The quantitative estimate of drug-likeness (QED) is 0.635. The van der Waals surface area contributed by atoms with E-state index in [2.05, 4.69) is 13.8 Å². The van der Waals surface area contributed by atoms with Crippen LogP contribution in [0.2, 0.25) is 10.0 Å². The van der Waals surface area contributed by atoms with E-state index in [0.29, 0.717) is 15.6 Å². The highest BCUT2D eigenvalue weighted by Gasteiger charge is 2.20. The molecule has 0 spiro atoms. The summed E-state index contributed by atoms with van der Waals surface area (Å²) >= 11 is 12.0. The van der Waals surface area contributed by atoms with E-state index in [4.69, 9.17) is 23.2 Å². The summed E-state index contributed by atoms with van der Waals surface area (Å²) in [6.07, 6.45) is 3.84. The Labute approximate surface area is 113 Å². The van der Waals surface area contributed by atoms with Crippen LogP contribution in [0.4, 0.5) is 0 Å². The molecule has 0 radical (unpaired) electrons. The standard InChI is InChI=1S/C14H18Cl2O/c1-3-5-10(6-4-2)14(17)12-9-11(15)7-8-13(12)16/h7-10H,3-6H2,1-2H3. The molecule has 17 heavy (non-hydrogen) atoms. The summed E-state index contributed by atoms with van der Waals surface area (Å²) in [4.78, 5) is 12.4. The Kier molecular flexibility index (Phi) is 6.01. The molecule has 94 valence electrons. The fourth-order valence-corrected chi connectivity index (χ4v) is 2.39. The maximum absolute atomic E-state index is 12.4. The average Bonchev–Trinajstić information content (AvgIpc) is 2.31. The van der Waals surface area contributed by atoms with Crippen LogP contribution >= 0.6 is 23.2 Å². The van der Waals surface area contributed by atoms with Crippen LogP contribution in [0.1, 0.15) is 49.9 Å². The van der Waals surface area contributed by atoms with Crippen LogP contribution in [-0.2, 0) is 0 Å². The maximum atomic E-state index is 12.4. The van der Waals surface area contributed by atoms with Gasteiger partial charge in [0.2, 0.25) is 0 Å². The van der Waals surface area contributed by atoms with E-state index in [1.807, 2.05) is 0 Å². The van der Waals surface area contributed by atoms with Crippen LogP contribution in [0.3, 0.4) is 0 Å². The van der Waals surface area contributed by atoms with E-state index in [9.17, 15) is 4.79 Å². The number of carbonyl (C=O) groups is 1. The lowest BCUT2D eigenvalue weighted by molar-refractivity contribution is 0.0905. The minimum atomic E-state index is 0.0703. The number of ketones is 1. The van der Waals surface area contributed by atoms with Gasteiger partial charge >= 0.3 is 0 Å². The second-order valence-electron chi connectivity index (χ2n) is 4.26. The molecule has 0 aromatic heterocycles. The first kappa shape index (κ1) is 14.5. The molecule has 0 aliphatic heterocycles. The summed E-state index contributed by atoms with van der Waals surface area (Å²) in [7, 11) is 0. The molecule has 0 N–H and O–H groups in total. The first-order valence-corrected chi connectivity index (χ1v) is 6.85. The van der Waals surface area contributed by atoms with Crippen LogP contribution in [0.5, 0.6) is 0 Å². The molecule has 1 aromatic carbocycles. The van der Waals surface area contributed by atoms with Crippen LogP contribution < -0.4 is 0 Å².